The lowest BCUT2D eigenvalue weighted by Crippen LogP contribution is -2.46. The lowest BCUT2D eigenvalue weighted by Gasteiger charge is -2.32. The zero-order valence-electron chi connectivity index (χ0n) is 10.9. The topological polar surface area (TPSA) is 75.6 Å². The molecule has 0 atom stereocenters. The number of sulfonamides is 1. The van der Waals surface area contributed by atoms with Gasteiger partial charge in [0.2, 0.25) is 10.0 Å². The number of rotatable bonds is 4. The lowest BCUT2D eigenvalue weighted by atomic mass is 9.95. The van der Waals surface area contributed by atoms with Gasteiger partial charge in [-0.1, -0.05) is 18.2 Å². The highest BCUT2D eigenvalue weighted by Gasteiger charge is 2.31. The minimum atomic E-state index is -3.58. The molecule has 0 aliphatic carbocycles. The van der Waals surface area contributed by atoms with E-state index in [1.54, 1.807) is 31.2 Å². The molecule has 1 saturated heterocycles. The van der Waals surface area contributed by atoms with Crippen molar-refractivity contribution in [3.8, 4) is 0 Å². The summed E-state index contributed by atoms with van der Waals surface area (Å²) in [6.45, 7) is 2.69. The summed E-state index contributed by atoms with van der Waals surface area (Å²) < 4.78 is 32.0. The molecule has 1 heterocycles. The summed E-state index contributed by atoms with van der Waals surface area (Å²) in [7, 11) is -3.58. The van der Waals surface area contributed by atoms with E-state index in [-0.39, 0.29) is 11.4 Å². The molecule has 5 nitrogen and oxygen atoms in total. The van der Waals surface area contributed by atoms with Crippen LogP contribution in [0.1, 0.15) is 18.4 Å². The van der Waals surface area contributed by atoms with Crippen LogP contribution >= 0.6 is 0 Å². The van der Waals surface area contributed by atoms with Gasteiger partial charge in [-0.15, -0.1) is 0 Å². The number of hydrogen-bond donors (Lipinski definition) is 2. The Morgan fingerprint density at radius 2 is 1.95 bits per heavy atom. The Morgan fingerprint density at radius 3 is 2.58 bits per heavy atom. The summed E-state index contributed by atoms with van der Waals surface area (Å²) in [5.41, 5.74) is -0.317. The molecule has 0 radical (unpaired) electrons. The van der Waals surface area contributed by atoms with Crippen LogP contribution in [0.5, 0.6) is 0 Å². The third kappa shape index (κ3) is 3.54. The van der Waals surface area contributed by atoms with Gasteiger partial charge < -0.3 is 9.84 Å². The Kier molecular flexibility index (Phi) is 4.25. The van der Waals surface area contributed by atoms with Gasteiger partial charge in [-0.2, -0.15) is 0 Å². The minimum absolute atomic E-state index is 0.0209. The maximum Gasteiger partial charge on any atom is 0.240 e. The molecule has 106 valence electrons. The van der Waals surface area contributed by atoms with Crippen molar-refractivity contribution in [2.75, 3.05) is 19.8 Å². The second-order valence-electron chi connectivity index (χ2n) is 4.93. The maximum atomic E-state index is 12.2. The molecule has 6 heteroatoms. The van der Waals surface area contributed by atoms with E-state index >= 15 is 0 Å². The molecule has 1 fully saturated rings. The van der Waals surface area contributed by atoms with Gasteiger partial charge in [0.1, 0.15) is 0 Å². The molecular formula is C13H19NO4S. The number of nitrogens with one attached hydrogen (secondary N) is 1. The van der Waals surface area contributed by atoms with E-state index in [1.807, 2.05) is 0 Å². The van der Waals surface area contributed by atoms with Crippen molar-refractivity contribution in [3.63, 3.8) is 0 Å². The van der Waals surface area contributed by atoms with Gasteiger partial charge in [0.15, 0.2) is 0 Å². The Bertz CT molecular complexity index is 535. The molecule has 2 rings (SSSR count). The Morgan fingerprint density at radius 1 is 1.32 bits per heavy atom. The van der Waals surface area contributed by atoms with E-state index in [1.165, 1.54) is 0 Å². The molecule has 2 N–H and O–H groups in total. The van der Waals surface area contributed by atoms with Crippen LogP contribution in [0.4, 0.5) is 0 Å². The van der Waals surface area contributed by atoms with Gasteiger partial charge in [-0.05, 0) is 18.6 Å². The normalized spacial score (nSPS) is 19.3. The smallest absolute Gasteiger partial charge is 0.240 e. The second kappa shape index (κ2) is 5.58. The van der Waals surface area contributed by atoms with Crippen molar-refractivity contribution in [3.05, 3.63) is 29.8 Å². The summed E-state index contributed by atoms with van der Waals surface area (Å²) in [6, 6.07) is 6.79. The van der Waals surface area contributed by atoms with Gasteiger partial charge in [0.05, 0.1) is 10.5 Å². The van der Waals surface area contributed by atoms with Crippen molar-refractivity contribution in [2.45, 2.75) is 30.3 Å². The van der Waals surface area contributed by atoms with Crippen LogP contribution in [0.25, 0.3) is 0 Å². The highest BCUT2D eigenvalue weighted by molar-refractivity contribution is 7.89. The first-order chi connectivity index (χ1) is 8.93. The minimum Gasteiger partial charge on any atom is -0.388 e. The van der Waals surface area contributed by atoms with Gasteiger partial charge in [-0.25, -0.2) is 13.1 Å². The summed E-state index contributed by atoms with van der Waals surface area (Å²) >= 11 is 0. The molecule has 0 saturated carbocycles. The predicted molar refractivity (Wildman–Crippen MR) is 71.4 cm³/mol. The van der Waals surface area contributed by atoms with Crippen LogP contribution < -0.4 is 4.72 Å². The number of hydrogen-bond acceptors (Lipinski definition) is 4. The van der Waals surface area contributed by atoms with E-state index in [0.717, 1.165) is 0 Å². The van der Waals surface area contributed by atoms with E-state index in [4.69, 9.17) is 4.74 Å². The van der Waals surface area contributed by atoms with Crippen LogP contribution in [-0.4, -0.2) is 38.9 Å². The summed E-state index contributed by atoms with van der Waals surface area (Å²) in [6.07, 6.45) is 0.895. The van der Waals surface area contributed by atoms with Crippen molar-refractivity contribution in [1.82, 2.24) is 4.72 Å². The first kappa shape index (κ1) is 14.5. The SMILES string of the molecule is Cc1ccccc1S(=O)(=O)NCC1(O)CCOCC1. The molecule has 0 amide bonds. The van der Waals surface area contributed by atoms with E-state index in [9.17, 15) is 13.5 Å². The van der Waals surface area contributed by atoms with Crippen LogP contribution in [0.3, 0.4) is 0 Å². The first-order valence-electron chi connectivity index (χ1n) is 6.28. The fraction of sp³-hybridized carbons (Fsp3) is 0.538. The molecule has 1 aromatic carbocycles. The van der Waals surface area contributed by atoms with Crippen LogP contribution in [0, 0.1) is 6.92 Å². The molecule has 0 spiro atoms. The van der Waals surface area contributed by atoms with Crippen molar-refractivity contribution >= 4 is 10.0 Å². The van der Waals surface area contributed by atoms with Gasteiger partial charge in [0, 0.05) is 32.6 Å². The second-order valence-corrected chi connectivity index (χ2v) is 6.66. The molecule has 0 bridgehead atoms. The summed E-state index contributed by atoms with van der Waals surface area (Å²) in [5.74, 6) is 0. The standard InChI is InChI=1S/C13H19NO4S/c1-11-4-2-3-5-12(11)19(16,17)14-10-13(15)6-8-18-9-7-13/h2-5,14-15H,6-10H2,1H3. The molecule has 0 unspecified atom stereocenters. The van der Waals surface area contributed by atoms with Crippen LogP contribution in [-0.2, 0) is 14.8 Å². The van der Waals surface area contributed by atoms with Gasteiger partial charge in [0.25, 0.3) is 0 Å². The molecule has 0 aromatic heterocycles. The molecule has 19 heavy (non-hydrogen) atoms. The lowest BCUT2D eigenvalue weighted by molar-refractivity contribution is -0.0588. The Labute approximate surface area is 113 Å². The highest BCUT2D eigenvalue weighted by Crippen LogP contribution is 2.21. The van der Waals surface area contributed by atoms with Crippen molar-refractivity contribution in [1.29, 1.82) is 0 Å². The summed E-state index contributed by atoms with van der Waals surface area (Å²) in [4.78, 5) is 0.255. The Hall–Kier alpha value is -0.950. The number of aliphatic hydroxyl groups is 1. The highest BCUT2D eigenvalue weighted by atomic mass is 32.2. The summed E-state index contributed by atoms with van der Waals surface area (Å²) in [5, 5.41) is 10.2. The van der Waals surface area contributed by atoms with E-state index in [0.29, 0.717) is 31.6 Å². The third-order valence-electron chi connectivity index (χ3n) is 3.40. The fourth-order valence-corrected chi connectivity index (χ4v) is 3.46. The molecule has 1 aromatic rings. The van der Waals surface area contributed by atoms with Crippen LogP contribution in [0.2, 0.25) is 0 Å². The van der Waals surface area contributed by atoms with Gasteiger partial charge >= 0.3 is 0 Å². The zero-order chi connectivity index (χ0) is 13.9. The first-order valence-corrected chi connectivity index (χ1v) is 7.77. The quantitative estimate of drug-likeness (QED) is 0.858. The van der Waals surface area contributed by atoms with Gasteiger partial charge in [-0.3, -0.25) is 0 Å². The van der Waals surface area contributed by atoms with Crippen LogP contribution in [0.15, 0.2) is 29.2 Å². The largest absolute Gasteiger partial charge is 0.388 e. The fourth-order valence-electron chi connectivity index (χ4n) is 2.09. The Balaban J connectivity index is 2.08. The predicted octanol–water partition coefficient (Wildman–Crippen LogP) is 0.815. The molecule has 1 aliphatic heterocycles. The average Bonchev–Trinajstić information content (AvgIpc) is 2.38. The third-order valence-corrected chi connectivity index (χ3v) is 4.96. The number of aryl methyl sites for hydroxylation is 1. The monoisotopic (exact) mass is 285 g/mol. The van der Waals surface area contributed by atoms with Crippen molar-refractivity contribution in [2.24, 2.45) is 0 Å². The number of benzene rings is 1. The van der Waals surface area contributed by atoms with Crippen molar-refractivity contribution < 1.29 is 18.3 Å². The van der Waals surface area contributed by atoms with E-state index < -0.39 is 15.6 Å². The average molecular weight is 285 g/mol. The molecule has 1 aliphatic rings. The maximum absolute atomic E-state index is 12.2. The zero-order valence-corrected chi connectivity index (χ0v) is 11.7. The van der Waals surface area contributed by atoms with E-state index in [2.05, 4.69) is 4.72 Å². The number of ether oxygens (including phenoxy) is 1. The molecular weight excluding hydrogens is 266 g/mol.